The quantitative estimate of drug-likeness (QED) is 0.537. The molecule has 0 aliphatic carbocycles. The second-order valence-corrected chi connectivity index (χ2v) is 7.31. The zero-order valence-electron chi connectivity index (χ0n) is 16.1. The number of rotatable bonds is 4. The van der Waals surface area contributed by atoms with E-state index in [2.05, 4.69) is 5.43 Å². The van der Waals surface area contributed by atoms with Gasteiger partial charge in [0.05, 0.1) is 12.6 Å². The Balaban J connectivity index is 2.20. The summed E-state index contributed by atoms with van der Waals surface area (Å²) in [6, 6.07) is 13.6. The Bertz CT molecular complexity index is 953. The van der Waals surface area contributed by atoms with Gasteiger partial charge in [0.1, 0.15) is 11.4 Å². The number of benzene rings is 2. The molecule has 27 heavy (non-hydrogen) atoms. The van der Waals surface area contributed by atoms with E-state index in [-0.39, 0.29) is 0 Å². The molecule has 0 saturated heterocycles. The number of hydrazine groups is 1. The van der Waals surface area contributed by atoms with Crippen LogP contribution >= 0.6 is 0 Å². The molecule has 0 aliphatic heterocycles. The van der Waals surface area contributed by atoms with Crippen LogP contribution in [0.5, 0.6) is 5.75 Å². The van der Waals surface area contributed by atoms with Gasteiger partial charge in [-0.05, 0) is 50.1 Å². The van der Waals surface area contributed by atoms with Crippen molar-refractivity contribution >= 4 is 17.0 Å². The third-order valence-corrected chi connectivity index (χ3v) is 4.20. The highest BCUT2D eigenvalue weighted by molar-refractivity contribution is 6.02. The first-order valence-electron chi connectivity index (χ1n) is 8.78. The molecule has 6 nitrogen and oxygen atoms in total. The predicted octanol–water partition coefficient (Wildman–Crippen LogP) is 4.06. The number of nitrogens with zero attached hydrogens (tertiary/aromatic N) is 1. The number of fused-ring (bicyclic) bond motifs is 1. The molecule has 3 aromatic rings. The van der Waals surface area contributed by atoms with E-state index in [1.54, 1.807) is 11.7 Å². The Morgan fingerprint density at radius 2 is 1.85 bits per heavy atom. The molecular weight excluding hydrogens is 342 g/mol. The lowest BCUT2D eigenvalue weighted by atomic mass is 10.0. The van der Waals surface area contributed by atoms with E-state index in [9.17, 15) is 4.79 Å². The van der Waals surface area contributed by atoms with E-state index < -0.39 is 11.7 Å². The minimum absolute atomic E-state index is 0.412. The van der Waals surface area contributed by atoms with Gasteiger partial charge >= 0.3 is 6.09 Å². The summed E-state index contributed by atoms with van der Waals surface area (Å²) in [5.74, 6) is 6.34. The first-order chi connectivity index (χ1) is 12.8. The third-order valence-electron chi connectivity index (χ3n) is 4.20. The number of nitrogens with two attached hydrogens (primary N) is 1. The smallest absolute Gasteiger partial charge is 0.419 e. The summed E-state index contributed by atoms with van der Waals surface area (Å²) >= 11 is 0. The predicted molar refractivity (Wildman–Crippen MR) is 107 cm³/mol. The van der Waals surface area contributed by atoms with Crippen LogP contribution in [0.4, 0.5) is 4.79 Å². The van der Waals surface area contributed by atoms with Crippen molar-refractivity contribution in [3.05, 3.63) is 54.2 Å². The van der Waals surface area contributed by atoms with Crippen LogP contribution in [0.15, 0.2) is 48.7 Å². The minimum atomic E-state index is -0.579. The van der Waals surface area contributed by atoms with Crippen LogP contribution in [0, 0.1) is 0 Å². The normalized spacial score (nSPS) is 11.6. The molecule has 1 aromatic heterocycles. The number of carbonyl (C=O) groups is 1. The van der Waals surface area contributed by atoms with Crippen molar-refractivity contribution < 1.29 is 14.3 Å². The summed E-state index contributed by atoms with van der Waals surface area (Å²) < 4.78 is 12.4. The van der Waals surface area contributed by atoms with E-state index in [1.807, 2.05) is 69.4 Å². The summed E-state index contributed by atoms with van der Waals surface area (Å²) in [7, 11) is 1.63. The maximum absolute atomic E-state index is 12.8. The number of hydrogen-bond acceptors (Lipinski definition) is 5. The third kappa shape index (κ3) is 3.97. The van der Waals surface area contributed by atoms with Crippen LogP contribution in [-0.4, -0.2) is 23.4 Å². The number of carbonyl (C=O) groups excluding carboxylic acids is 1. The van der Waals surface area contributed by atoms with Crippen LogP contribution < -0.4 is 16.0 Å². The fourth-order valence-electron chi connectivity index (χ4n) is 3.07. The Morgan fingerprint density at radius 1 is 1.15 bits per heavy atom. The van der Waals surface area contributed by atoms with E-state index in [0.717, 1.165) is 33.3 Å². The molecule has 0 aliphatic rings. The molecule has 2 aromatic carbocycles. The number of nitrogens with one attached hydrogen (secondary N) is 1. The highest BCUT2D eigenvalue weighted by Gasteiger charge is 2.22. The molecule has 142 valence electrons. The molecule has 0 unspecified atom stereocenters. The van der Waals surface area contributed by atoms with Gasteiger partial charge in [0.25, 0.3) is 0 Å². The first kappa shape index (κ1) is 18.9. The summed E-state index contributed by atoms with van der Waals surface area (Å²) in [6.07, 6.45) is 1.41. The molecule has 0 saturated carbocycles. The van der Waals surface area contributed by atoms with Gasteiger partial charge in [-0.25, -0.2) is 4.79 Å². The Hall–Kier alpha value is -2.83. The van der Waals surface area contributed by atoms with Gasteiger partial charge < -0.3 is 9.47 Å². The first-order valence-corrected chi connectivity index (χ1v) is 8.78. The largest absolute Gasteiger partial charge is 0.497 e. The monoisotopic (exact) mass is 367 g/mol. The van der Waals surface area contributed by atoms with Gasteiger partial charge in [-0.1, -0.05) is 24.3 Å². The fraction of sp³-hybridized carbons (Fsp3) is 0.286. The Morgan fingerprint density at radius 3 is 2.44 bits per heavy atom. The van der Waals surface area contributed by atoms with Gasteiger partial charge in [-0.2, -0.15) is 0 Å². The Labute approximate surface area is 158 Å². The number of aromatic nitrogens is 1. The van der Waals surface area contributed by atoms with Crippen molar-refractivity contribution in [3.8, 4) is 16.9 Å². The average molecular weight is 367 g/mol. The zero-order valence-corrected chi connectivity index (χ0v) is 16.1. The second kappa shape index (κ2) is 7.42. The molecule has 0 amide bonds. The average Bonchev–Trinajstić information content (AvgIpc) is 3.01. The topological polar surface area (TPSA) is 78.5 Å². The van der Waals surface area contributed by atoms with Crippen LogP contribution in [0.25, 0.3) is 22.0 Å². The van der Waals surface area contributed by atoms with Gasteiger partial charge in [0, 0.05) is 23.7 Å². The van der Waals surface area contributed by atoms with Crippen LogP contribution in [-0.2, 0) is 11.3 Å². The van der Waals surface area contributed by atoms with Crippen molar-refractivity contribution in [1.29, 1.82) is 0 Å². The van der Waals surface area contributed by atoms with Gasteiger partial charge in [0.2, 0.25) is 0 Å². The molecular formula is C21H25N3O3. The number of ether oxygens (including phenoxy) is 2. The van der Waals surface area contributed by atoms with Crippen molar-refractivity contribution in [2.75, 3.05) is 7.11 Å². The highest BCUT2D eigenvalue weighted by atomic mass is 16.6. The molecule has 0 atom stereocenters. The van der Waals surface area contributed by atoms with Crippen molar-refractivity contribution in [1.82, 2.24) is 9.99 Å². The molecule has 0 bridgehead atoms. The molecule has 3 N–H and O–H groups in total. The second-order valence-electron chi connectivity index (χ2n) is 7.31. The summed E-state index contributed by atoms with van der Waals surface area (Å²) in [4.78, 5) is 12.8. The highest BCUT2D eigenvalue weighted by Crippen LogP contribution is 2.34. The summed E-state index contributed by atoms with van der Waals surface area (Å²) in [5.41, 5.74) is 5.82. The van der Waals surface area contributed by atoms with E-state index in [1.165, 1.54) is 0 Å². The summed E-state index contributed by atoms with van der Waals surface area (Å²) in [6.45, 7) is 6.04. The van der Waals surface area contributed by atoms with Gasteiger partial charge in [-0.15, -0.1) is 0 Å². The molecule has 1 heterocycles. The molecule has 6 heteroatoms. The zero-order chi connectivity index (χ0) is 19.6. The molecule has 0 radical (unpaired) electrons. The van der Waals surface area contributed by atoms with Crippen molar-refractivity contribution in [2.24, 2.45) is 5.84 Å². The van der Waals surface area contributed by atoms with Crippen LogP contribution in [0.2, 0.25) is 0 Å². The maximum Gasteiger partial charge on any atom is 0.419 e. The van der Waals surface area contributed by atoms with Crippen molar-refractivity contribution in [2.45, 2.75) is 32.9 Å². The molecule has 0 spiro atoms. The van der Waals surface area contributed by atoms with Crippen LogP contribution in [0.3, 0.4) is 0 Å². The van der Waals surface area contributed by atoms with Crippen LogP contribution in [0.1, 0.15) is 26.3 Å². The van der Waals surface area contributed by atoms with Crippen molar-refractivity contribution in [3.63, 3.8) is 0 Å². The minimum Gasteiger partial charge on any atom is -0.497 e. The standard InChI is InChI=1S/C21H25N3O3/c1-21(2,3)27-20(25)24-13-17(14-8-10-16(26-4)11-9-14)19-15(12-23-22)6-5-7-18(19)24/h5-11,13,23H,12,22H2,1-4H3. The number of hydrogen-bond donors (Lipinski definition) is 2. The maximum atomic E-state index is 12.8. The lowest BCUT2D eigenvalue weighted by molar-refractivity contribution is 0.0544. The van der Waals surface area contributed by atoms with E-state index in [0.29, 0.717) is 6.54 Å². The van der Waals surface area contributed by atoms with E-state index in [4.69, 9.17) is 15.3 Å². The van der Waals surface area contributed by atoms with Gasteiger partial charge in [-0.3, -0.25) is 15.8 Å². The summed E-state index contributed by atoms with van der Waals surface area (Å²) in [5, 5.41) is 0.964. The lowest BCUT2D eigenvalue weighted by Gasteiger charge is -2.19. The fourth-order valence-corrected chi connectivity index (χ4v) is 3.07. The number of methoxy groups -OCH3 is 1. The Kier molecular flexibility index (Phi) is 5.21. The van der Waals surface area contributed by atoms with Gasteiger partial charge in [0.15, 0.2) is 0 Å². The SMILES string of the molecule is COc1ccc(-c2cn(C(=O)OC(C)(C)C)c3cccc(CNN)c23)cc1. The van der Waals surface area contributed by atoms with E-state index >= 15 is 0 Å². The molecule has 0 fully saturated rings. The molecule has 3 rings (SSSR count). The lowest BCUT2D eigenvalue weighted by Crippen LogP contribution is -2.26.